The smallest absolute Gasteiger partial charge is 0.287 e. The van der Waals surface area contributed by atoms with Crippen LogP contribution < -0.4 is 5.32 Å². The second kappa shape index (κ2) is 8.28. The Morgan fingerprint density at radius 1 is 1.17 bits per heavy atom. The Labute approximate surface area is 180 Å². The number of benzene rings is 2. The molecule has 0 fully saturated rings. The van der Waals surface area contributed by atoms with E-state index in [1.165, 1.54) is 16.0 Å². The van der Waals surface area contributed by atoms with Crippen LogP contribution in [-0.4, -0.2) is 20.7 Å². The summed E-state index contributed by atoms with van der Waals surface area (Å²) in [5.41, 5.74) is 3.62. The average molecular weight is 443 g/mol. The summed E-state index contributed by atoms with van der Waals surface area (Å²) in [7, 11) is 0. The number of aryl methyl sites for hydroxylation is 1. The molecule has 29 heavy (non-hydrogen) atoms. The second-order valence-corrected chi connectivity index (χ2v) is 7.93. The minimum atomic E-state index is -0.290. The van der Waals surface area contributed by atoms with E-state index >= 15 is 0 Å². The lowest BCUT2D eigenvalue weighted by atomic mass is 10.1. The molecular formula is C20H15ClN4O2S2. The van der Waals surface area contributed by atoms with Crippen LogP contribution in [0.4, 0.5) is 5.13 Å². The monoisotopic (exact) mass is 442 g/mol. The van der Waals surface area contributed by atoms with E-state index in [1.54, 1.807) is 12.1 Å². The van der Waals surface area contributed by atoms with Crippen LogP contribution in [0.5, 0.6) is 0 Å². The zero-order chi connectivity index (χ0) is 20.4. The first-order chi connectivity index (χ1) is 14.0. The zero-order valence-corrected chi connectivity index (χ0v) is 17.6. The van der Waals surface area contributed by atoms with Gasteiger partial charge < -0.3 is 9.73 Å². The van der Waals surface area contributed by atoms with Crippen LogP contribution in [0, 0.1) is 11.8 Å². The summed E-state index contributed by atoms with van der Waals surface area (Å²) in [5, 5.41) is 10.1. The third-order valence-corrected chi connectivity index (χ3v) is 5.39. The van der Waals surface area contributed by atoms with Crippen molar-refractivity contribution in [1.82, 2.24) is 14.8 Å². The number of hydrogen-bond donors (Lipinski definition) is 1. The van der Waals surface area contributed by atoms with Gasteiger partial charge >= 0.3 is 0 Å². The molecule has 0 aliphatic rings. The lowest BCUT2D eigenvalue weighted by Gasteiger charge is -2.01. The normalized spacial score (nSPS) is 10.8. The van der Waals surface area contributed by atoms with E-state index in [-0.39, 0.29) is 17.3 Å². The van der Waals surface area contributed by atoms with Crippen LogP contribution in [-0.2, 0) is 11.3 Å². The number of nitrogens with one attached hydrogen (secondary N) is 1. The Bertz CT molecular complexity index is 1210. The molecule has 1 N–H and O–H groups in total. The van der Waals surface area contributed by atoms with Crippen molar-refractivity contribution >= 4 is 46.2 Å². The highest BCUT2D eigenvalue weighted by Gasteiger charge is 2.13. The molecule has 6 nitrogen and oxygen atoms in total. The number of anilines is 1. The van der Waals surface area contributed by atoms with Gasteiger partial charge in [0.1, 0.15) is 6.54 Å². The molecule has 0 aliphatic heterocycles. The van der Waals surface area contributed by atoms with Gasteiger partial charge in [-0.3, -0.25) is 4.79 Å². The first-order valence-electron chi connectivity index (χ1n) is 8.64. The number of carbonyl (C=O) groups excluding carboxylic acids is 1. The van der Waals surface area contributed by atoms with E-state index in [0.29, 0.717) is 16.0 Å². The van der Waals surface area contributed by atoms with Crippen molar-refractivity contribution in [2.75, 3.05) is 5.32 Å². The van der Waals surface area contributed by atoms with Crippen molar-refractivity contribution in [2.24, 2.45) is 0 Å². The molecule has 0 unspecified atom stereocenters. The predicted octanol–water partition coefficient (Wildman–Crippen LogP) is 5.60. The lowest BCUT2D eigenvalue weighted by Crippen LogP contribution is -2.19. The Hall–Kier alpha value is -2.81. The highest BCUT2D eigenvalue weighted by molar-refractivity contribution is 7.71. The van der Waals surface area contributed by atoms with E-state index in [0.717, 1.165) is 22.4 Å². The number of hydrogen-bond acceptors (Lipinski definition) is 6. The number of rotatable bonds is 5. The van der Waals surface area contributed by atoms with Crippen molar-refractivity contribution in [3.05, 3.63) is 69.3 Å². The summed E-state index contributed by atoms with van der Waals surface area (Å²) < 4.78 is 6.88. The van der Waals surface area contributed by atoms with E-state index in [4.69, 9.17) is 28.2 Å². The first-order valence-corrected chi connectivity index (χ1v) is 10.3. The molecule has 9 heteroatoms. The van der Waals surface area contributed by atoms with Crippen LogP contribution in [0.1, 0.15) is 5.56 Å². The number of amides is 1. The third-order valence-electron chi connectivity index (χ3n) is 4.09. The minimum Gasteiger partial charge on any atom is -0.409 e. The van der Waals surface area contributed by atoms with E-state index in [9.17, 15) is 4.79 Å². The van der Waals surface area contributed by atoms with Gasteiger partial charge in [-0.15, -0.1) is 16.4 Å². The Morgan fingerprint density at radius 3 is 2.59 bits per heavy atom. The standard InChI is InChI=1S/C20H15ClN4O2S2/c1-12-2-4-14(5-3-12)18-24-25(20(28)27-18)10-17(26)23-19-22-16(11-29-19)13-6-8-15(21)9-7-13/h2-9,11H,10H2,1H3,(H,22,23,26). The quantitative estimate of drug-likeness (QED) is 0.407. The maximum atomic E-state index is 12.4. The number of nitrogens with zero attached hydrogens (tertiary/aromatic N) is 3. The largest absolute Gasteiger partial charge is 0.409 e. The average Bonchev–Trinajstić information content (AvgIpc) is 3.30. The molecule has 4 aromatic rings. The molecule has 0 saturated carbocycles. The van der Waals surface area contributed by atoms with Crippen LogP contribution in [0.3, 0.4) is 0 Å². The summed E-state index contributed by atoms with van der Waals surface area (Å²) in [6, 6.07) is 15.1. The number of halogens is 1. The van der Waals surface area contributed by atoms with Gasteiger partial charge in [0.25, 0.3) is 4.84 Å². The maximum Gasteiger partial charge on any atom is 0.287 e. The topological polar surface area (TPSA) is 73.0 Å². The minimum absolute atomic E-state index is 0.0654. The molecule has 0 bridgehead atoms. The summed E-state index contributed by atoms with van der Waals surface area (Å²) in [5.74, 6) is 0.0870. The van der Waals surface area contributed by atoms with Crippen LogP contribution >= 0.6 is 35.2 Å². The van der Waals surface area contributed by atoms with E-state index < -0.39 is 0 Å². The molecule has 146 valence electrons. The van der Waals surface area contributed by atoms with Crippen molar-refractivity contribution < 1.29 is 9.21 Å². The van der Waals surface area contributed by atoms with Gasteiger partial charge in [0, 0.05) is 21.5 Å². The van der Waals surface area contributed by atoms with E-state index in [1.807, 2.05) is 48.7 Å². The van der Waals surface area contributed by atoms with Gasteiger partial charge in [0.15, 0.2) is 5.13 Å². The Balaban J connectivity index is 1.44. The van der Waals surface area contributed by atoms with Crippen molar-refractivity contribution in [3.8, 4) is 22.7 Å². The zero-order valence-electron chi connectivity index (χ0n) is 15.3. The van der Waals surface area contributed by atoms with E-state index in [2.05, 4.69) is 15.4 Å². The molecule has 2 aromatic heterocycles. The predicted molar refractivity (Wildman–Crippen MR) is 117 cm³/mol. The third kappa shape index (κ3) is 4.61. The molecule has 0 atom stereocenters. The highest BCUT2D eigenvalue weighted by atomic mass is 35.5. The first kappa shape index (κ1) is 19.5. The van der Waals surface area contributed by atoms with Crippen molar-refractivity contribution in [2.45, 2.75) is 13.5 Å². The molecular weight excluding hydrogens is 428 g/mol. The maximum absolute atomic E-state index is 12.4. The van der Waals surface area contributed by atoms with Crippen LogP contribution in [0.2, 0.25) is 5.02 Å². The van der Waals surface area contributed by atoms with Crippen LogP contribution in [0.15, 0.2) is 58.3 Å². The SMILES string of the molecule is Cc1ccc(-c2nn(CC(=O)Nc3nc(-c4ccc(Cl)cc4)cs3)c(=S)o2)cc1. The summed E-state index contributed by atoms with van der Waals surface area (Å²) in [6.07, 6.45) is 0. The molecule has 0 saturated heterocycles. The van der Waals surface area contributed by atoms with Crippen molar-refractivity contribution in [1.29, 1.82) is 0 Å². The fraction of sp³-hybridized carbons (Fsp3) is 0.100. The van der Waals surface area contributed by atoms with Gasteiger partial charge in [-0.1, -0.05) is 41.4 Å². The molecule has 0 aliphatic carbocycles. The van der Waals surface area contributed by atoms with Crippen LogP contribution in [0.25, 0.3) is 22.7 Å². The Morgan fingerprint density at radius 2 is 1.86 bits per heavy atom. The number of carbonyl (C=O) groups is 1. The summed E-state index contributed by atoms with van der Waals surface area (Å²) >= 11 is 12.4. The molecule has 4 rings (SSSR count). The summed E-state index contributed by atoms with van der Waals surface area (Å²) in [4.78, 5) is 17.0. The van der Waals surface area contributed by atoms with Gasteiger partial charge in [-0.2, -0.15) is 0 Å². The molecule has 1 amide bonds. The molecule has 0 radical (unpaired) electrons. The second-order valence-electron chi connectivity index (χ2n) is 6.29. The molecule has 0 spiro atoms. The fourth-order valence-corrected chi connectivity index (χ4v) is 3.64. The van der Waals surface area contributed by atoms with Crippen molar-refractivity contribution in [3.63, 3.8) is 0 Å². The van der Waals surface area contributed by atoms with Gasteiger partial charge in [0.2, 0.25) is 11.8 Å². The highest BCUT2D eigenvalue weighted by Crippen LogP contribution is 2.26. The van der Waals surface area contributed by atoms with Gasteiger partial charge in [-0.25, -0.2) is 9.67 Å². The number of aromatic nitrogens is 3. The summed E-state index contributed by atoms with van der Waals surface area (Å²) in [6.45, 7) is 1.93. The Kier molecular flexibility index (Phi) is 5.57. The molecule has 2 heterocycles. The van der Waals surface area contributed by atoms with Gasteiger partial charge in [0.05, 0.1) is 5.69 Å². The molecule has 2 aromatic carbocycles. The fourth-order valence-electron chi connectivity index (χ4n) is 2.60. The lowest BCUT2D eigenvalue weighted by molar-refractivity contribution is -0.117. The number of thiazole rings is 1. The van der Waals surface area contributed by atoms with Gasteiger partial charge in [-0.05, 0) is 43.4 Å².